The number of carboxylic acid groups (broad SMARTS) is 2. The maximum atomic E-state index is 9.92. The molecule has 0 aliphatic carbocycles. The standard InChI is InChI=1S/C4H4O4.C4H2O3.C4H8/c5-3(6)1-2-4(7)8;5-3-1-2-4(6)7-3;1-4(2)3/h1-2H,(H,5,6)(H,7,8);1-2H;1H2,2-3H3/b2-1-;;. The van der Waals surface area contributed by atoms with Crippen molar-refractivity contribution in [2.45, 2.75) is 13.8 Å². The molecule has 7 heteroatoms. The van der Waals surface area contributed by atoms with Crippen molar-refractivity contribution in [3.8, 4) is 0 Å². The number of rotatable bonds is 2. The lowest BCUT2D eigenvalue weighted by molar-refractivity contribution is -0.150. The van der Waals surface area contributed by atoms with E-state index in [9.17, 15) is 19.2 Å². The smallest absolute Gasteiger partial charge is 0.338 e. The van der Waals surface area contributed by atoms with Gasteiger partial charge in [-0.05, 0) is 13.8 Å². The number of carbonyl (C=O) groups is 4. The molecule has 0 aromatic rings. The lowest BCUT2D eigenvalue weighted by atomic mass is 10.4. The van der Waals surface area contributed by atoms with Crippen LogP contribution in [-0.2, 0) is 23.9 Å². The quantitative estimate of drug-likeness (QED) is 0.331. The van der Waals surface area contributed by atoms with E-state index in [4.69, 9.17) is 10.2 Å². The first-order valence-electron chi connectivity index (χ1n) is 4.85. The highest BCUT2D eigenvalue weighted by Gasteiger charge is 2.10. The third-order valence-electron chi connectivity index (χ3n) is 0.925. The van der Waals surface area contributed by atoms with Crippen LogP contribution in [0.1, 0.15) is 13.8 Å². The molecule has 0 aromatic heterocycles. The molecule has 1 aliphatic rings. The largest absolute Gasteiger partial charge is 0.478 e. The zero-order chi connectivity index (χ0) is 15.4. The van der Waals surface area contributed by atoms with Gasteiger partial charge in [0, 0.05) is 24.3 Å². The van der Waals surface area contributed by atoms with Crippen LogP contribution < -0.4 is 0 Å². The number of carbonyl (C=O) groups excluding carboxylic acids is 2. The van der Waals surface area contributed by atoms with Crippen LogP contribution in [0.2, 0.25) is 0 Å². The van der Waals surface area contributed by atoms with Gasteiger partial charge in [0.1, 0.15) is 0 Å². The van der Waals surface area contributed by atoms with E-state index in [0.717, 1.165) is 12.2 Å². The average Bonchev–Trinajstić information content (AvgIpc) is 2.59. The Hall–Kier alpha value is -2.70. The second-order valence-electron chi connectivity index (χ2n) is 3.29. The van der Waals surface area contributed by atoms with E-state index in [-0.39, 0.29) is 0 Å². The van der Waals surface area contributed by atoms with Gasteiger partial charge in [-0.3, -0.25) is 0 Å². The molecule has 0 saturated heterocycles. The Morgan fingerprint density at radius 2 is 1.32 bits per heavy atom. The summed E-state index contributed by atoms with van der Waals surface area (Å²) < 4.78 is 3.97. The molecule has 0 spiro atoms. The van der Waals surface area contributed by atoms with Gasteiger partial charge in [0.25, 0.3) is 0 Å². The van der Waals surface area contributed by atoms with Gasteiger partial charge in [0.15, 0.2) is 0 Å². The molecule has 0 atom stereocenters. The number of ether oxygens (including phenoxy) is 1. The van der Waals surface area contributed by atoms with Crippen LogP contribution in [0, 0.1) is 0 Å². The van der Waals surface area contributed by atoms with E-state index in [0.29, 0.717) is 12.2 Å². The molecule has 104 valence electrons. The minimum Gasteiger partial charge on any atom is -0.478 e. The first-order valence-corrected chi connectivity index (χ1v) is 4.85. The van der Waals surface area contributed by atoms with Gasteiger partial charge in [-0.15, -0.1) is 6.58 Å². The van der Waals surface area contributed by atoms with Gasteiger partial charge in [-0.1, -0.05) is 5.57 Å². The first-order chi connectivity index (χ1) is 8.65. The van der Waals surface area contributed by atoms with E-state index in [2.05, 4.69) is 11.3 Å². The predicted octanol–water partition coefficient (Wildman–Crippen LogP) is 0.920. The second-order valence-corrected chi connectivity index (χ2v) is 3.29. The molecule has 1 aliphatic heterocycles. The summed E-state index contributed by atoms with van der Waals surface area (Å²) >= 11 is 0. The second kappa shape index (κ2) is 10.5. The summed E-state index contributed by atoms with van der Waals surface area (Å²) in [6, 6.07) is 0. The van der Waals surface area contributed by atoms with E-state index >= 15 is 0 Å². The fraction of sp³-hybridized carbons (Fsp3) is 0.167. The summed E-state index contributed by atoms with van der Waals surface area (Å²) in [6.07, 6.45) is 3.29. The summed E-state index contributed by atoms with van der Waals surface area (Å²) in [5.41, 5.74) is 1.17. The molecule has 0 radical (unpaired) electrons. The van der Waals surface area contributed by atoms with E-state index in [1.165, 1.54) is 5.57 Å². The van der Waals surface area contributed by atoms with Crippen molar-refractivity contribution in [2.24, 2.45) is 0 Å². The number of cyclic esters (lactones) is 2. The zero-order valence-corrected chi connectivity index (χ0v) is 10.5. The first kappa shape index (κ1) is 18.7. The van der Waals surface area contributed by atoms with Crippen molar-refractivity contribution >= 4 is 23.9 Å². The minimum absolute atomic E-state index is 0.558. The highest BCUT2D eigenvalue weighted by atomic mass is 16.6. The highest BCUT2D eigenvalue weighted by Crippen LogP contribution is 1.92. The van der Waals surface area contributed by atoms with Crippen molar-refractivity contribution in [1.82, 2.24) is 0 Å². The SMILES string of the molecule is C=C(C)C.O=C(O)/C=C\C(=O)O.O=C1C=CC(=O)O1. The molecule has 1 heterocycles. The van der Waals surface area contributed by atoms with Crippen molar-refractivity contribution in [1.29, 1.82) is 0 Å². The molecule has 0 aromatic carbocycles. The Morgan fingerprint density at radius 3 is 1.42 bits per heavy atom. The molecule has 0 saturated carbocycles. The van der Waals surface area contributed by atoms with Crippen LogP contribution in [0.15, 0.2) is 36.5 Å². The van der Waals surface area contributed by atoms with Crippen LogP contribution in [-0.4, -0.2) is 34.1 Å². The predicted molar refractivity (Wildman–Crippen MR) is 65.1 cm³/mol. The minimum atomic E-state index is -1.26. The summed E-state index contributed by atoms with van der Waals surface area (Å²) in [5, 5.41) is 15.6. The third-order valence-corrected chi connectivity index (χ3v) is 0.925. The Morgan fingerprint density at radius 1 is 1.05 bits per heavy atom. The fourth-order valence-corrected chi connectivity index (χ4v) is 0.446. The lowest BCUT2D eigenvalue weighted by Crippen LogP contribution is -1.96. The van der Waals surface area contributed by atoms with Gasteiger partial charge >= 0.3 is 23.9 Å². The molecule has 0 bridgehead atoms. The number of esters is 2. The maximum Gasteiger partial charge on any atom is 0.338 e. The molecule has 1 rings (SSSR count). The number of allylic oxidation sites excluding steroid dienone is 1. The zero-order valence-electron chi connectivity index (χ0n) is 10.5. The third kappa shape index (κ3) is 21.2. The van der Waals surface area contributed by atoms with Gasteiger partial charge in [-0.25, -0.2) is 19.2 Å². The van der Waals surface area contributed by atoms with Crippen LogP contribution in [0.5, 0.6) is 0 Å². The van der Waals surface area contributed by atoms with Crippen molar-refractivity contribution in [3.63, 3.8) is 0 Å². The van der Waals surface area contributed by atoms with Crippen molar-refractivity contribution < 1.29 is 34.1 Å². The molecule has 19 heavy (non-hydrogen) atoms. The fourth-order valence-electron chi connectivity index (χ4n) is 0.446. The van der Waals surface area contributed by atoms with E-state index in [1.54, 1.807) is 0 Å². The Bertz CT molecular complexity index is 393. The maximum absolute atomic E-state index is 9.92. The van der Waals surface area contributed by atoms with Gasteiger partial charge in [-0.2, -0.15) is 0 Å². The summed E-state index contributed by atoms with van der Waals surface area (Å²) in [4.78, 5) is 39.0. The molecule has 0 fully saturated rings. The number of hydrogen-bond acceptors (Lipinski definition) is 5. The normalized spacial score (nSPS) is 11.9. The van der Waals surface area contributed by atoms with Crippen LogP contribution >= 0.6 is 0 Å². The van der Waals surface area contributed by atoms with Gasteiger partial charge < -0.3 is 14.9 Å². The van der Waals surface area contributed by atoms with Crippen molar-refractivity contribution in [3.05, 3.63) is 36.5 Å². The molecular formula is C12H14O7. The van der Waals surface area contributed by atoms with Crippen molar-refractivity contribution in [2.75, 3.05) is 0 Å². The Balaban J connectivity index is 0. The highest BCUT2D eigenvalue weighted by molar-refractivity contribution is 6.04. The number of aliphatic carboxylic acids is 2. The number of hydrogen-bond donors (Lipinski definition) is 2. The topological polar surface area (TPSA) is 118 Å². The molecule has 0 amide bonds. The van der Waals surface area contributed by atoms with Gasteiger partial charge in [0.05, 0.1) is 0 Å². The van der Waals surface area contributed by atoms with E-state index < -0.39 is 23.9 Å². The summed E-state index contributed by atoms with van der Waals surface area (Å²) in [5.74, 6) is -3.67. The average molecular weight is 270 g/mol. The number of carboxylic acids is 2. The van der Waals surface area contributed by atoms with Crippen LogP contribution in [0.25, 0.3) is 0 Å². The molecular weight excluding hydrogens is 256 g/mol. The molecule has 7 nitrogen and oxygen atoms in total. The molecule has 2 N–H and O–H groups in total. The lowest BCUT2D eigenvalue weighted by Gasteiger charge is -1.80. The van der Waals surface area contributed by atoms with E-state index in [1.807, 2.05) is 13.8 Å². The Labute approximate surface area is 109 Å². The van der Waals surface area contributed by atoms with Crippen LogP contribution in [0.4, 0.5) is 0 Å². The molecule has 0 unspecified atom stereocenters. The van der Waals surface area contributed by atoms with Crippen LogP contribution in [0.3, 0.4) is 0 Å². The summed E-state index contributed by atoms with van der Waals surface area (Å²) in [6.45, 7) is 7.50. The van der Waals surface area contributed by atoms with Gasteiger partial charge in [0.2, 0.25) is 0 Å². The monoisotopic (exact) mass is 270 g/mol. The summed E-state index contributed by atoms with van der Waals surface area (Å²) in [7, 11) is 0. The Kier molecular flexibility index (Phi) is 10.3.